The largest absolute Gasteiger partial charge is 0.494 e. The Balaban J connectivity index is 1.01. The van der Waals surface area contributed by atoms with Crippen LogP contribution < -0.4 is 19.7 Å². The van der Waals surface area contributed by atoms with E-state index in [2.05, 4.69) is 48.1 Å². The van der Waals surface area contributed by atoms with E-state index >= 15 is 0 Å². The average molecular weight is 566 g/mol. The van der Waals surface area contributed by atoms with Crippen LogP contribution in [0.3, 0.4) is 0 Å². The van der Waals surface area contributed by atoms with Gasteiger partial charge in [0.2, 0.25) is 5.95 Å². The Morgan fingerprint density at radius 3 is 2.27 bits per heavy atom. The highest BCUT2D eigenvalue weighted by Gasteiger charge is 2.31. The minimum absolute atomic E-state index is 0.0244. The zero-order valence-corrected chi connectivity index (χ0v) is 23.7. The monoisotopic (exact) mass is 565 g/mol. The predicted octanol–water partition coefficient (Wildman–Crippen LogP) is 4.57. The van der Waals surface area contributed by atoms with Gasteiger partial charge in [-0.25, -0.2) is 23.7 Å². The van der Waals surface area contributed by atoms with Crippen molar-refractivity contribution in [1.29, 1.82) is 0 Å². The Morgan fingerprint density at radius 1 is 0.902 bits per heavy atom. The Hall–Kier alpha value is -3.57. The number of anilines is 3. The lowest BCUT2D eigenvalue weighted by Crippen LogP contribution is -2.52. The molecule has 0 atom stereocenters. The summed E-state index contributed by atoms with van der Waals surface area (Å²) in [5.74, 6) is 0.0912. The molecule has 41 heavy (non-hydrogen) atoms. The number of aromatic nitrogens is 3. The fourth-order valence-corrected chi connectivity index (χ4v) is 5.70. The van der Waals surface area contributed by atoms with Crippen molar-refractivity contribution in [3.8, 4) is 11.5 Å². The molecule has 9 nitrogen and oxygen atoms in total. The lowest BCUT2D eigenvalue weighted by molar-refractivity contribution is 0.0982. The molecule has 3 aromatic rings. The van der Waals surface area contributed by atoms with Gasteiger partial charge in [0, 0.05) is 45.3 Å². The summed E-state index contributed by atoms with van der Waals surface area (Å²) in [5, 5.41) is 3.09. The molecule has 1 N–H and O–H groups in total. The highest BCUT2D eigenvalue weighted by atomic mass is 19.1. The van der Waals surface area contributed by atoms with Gasteiger partial charge in [0.1, 0.15) is 18.2 Å². The molecule has 0 amide bonds. The molecule has 11 heteroatoms. The van der Waals surface area contributed by atoms with E-state index in [-0.39, 0.29) is 23.8 Å². The van der Waals surface area contributed by atoms with Crippen molar-refractivity contribution < 1.29 is 18.3 Å². The Labute approximate surface area is 239 Å². The molecule has 218 valence electrons. The van der Waals surface area contributed by atoms with Gasteiger partial charge in [0.25, 0.3) is 0 Å². The van der Waals surface area contributed by atoms with Gasteiger partial charge < -0.3 is 24.6 Å². The van der Waals surface area contributed by atoms with E-state index in [1.807, 2.05) is 12.3 Å². The SMILES string of the molecule is COc1cc(C2CC2)c(F)c(COc2cnc(Nc3ccc(N4CCC(N5CCN(C)CC5)CC4)cn3)nc2)c1F. The van der Waals surface area contributed by atoms with E-state index in [1.165, 1.54) is 51.5 Å². The summed E-state index contributed by atoms with van der Waals surface area (Å²) >= 11 is 0. The van der Waals surface area contributed by atoms with Crippen molar-refractivity contribution in [1.82, 2.24) is 24.8 Å². The number of piperazine rings is 1. The summed E-state index contributed by atoms with van der Waals surface area (Å²) in [7, 11) is 3.57. The van der Waals surface area contributed by atoms with Gasteiger partial charge in [-0.15, -0.1) is 0 Å². The van der Waals surface area contributed by atoms with Crippen molar-refractivity contribution >= 4 is 17.5 Å². The fourth-order valence-electron chi connectivity index (χ4n) is 5.70. The molecule has 0 radical (unpaired) electrons. The van der Waals surface area contributed by atoms with E-state index in [4.69, 9.17) is 9.47 Å². The number of halogens is 2. The van der Waals surface area contributed by atoms with Crippen molar-refractivity contribution in [3.63, 3.8) is 0 Å². The number of ether oxygens (including phenoxy) is 2. The second-order valence-electron chi connectivity index (χ2n) is 11.2. The van der Waals surface area contributed by atoms with Gasteiger partial charge in [-0.05, 0) is 62.4 Å². The third-order valence-electron chi connectivity index (χ3n) is 8.41. The van der Waals surface area contributed by atoms with Crippen molar-refractivity contribution in [2.45, 2.75) is 44.2 Å². The first-order chi connectivity index (χ1) is 20.0. The minimum atomic E-state index is -0.748. The summed E-state index contributed by atoms with van der Waals surface area (Å²) in [5.41, 5.74) is 1.44. The maximum atomic E-state index is 15.0. The van der Waals surface area contributed by atoms with Crippen LogP contribution in [0.1, 0.15) is 42.7 Å². The molecule has 0 spiro atoms. The Bertz CT molecular complexity index is 1320. The van der Waals surface area contributed by atoms with Crippen LogP contribution in [-0.4, -0.2) is 84.2 Å². The maximum Gasteiger partial charge on any atom is 0.228 e. The number of pyridine rings is 1. The molecule has 2 saturated heterocycles. The molecule has 6 rings (SSSR count). The van der Waals surface area contributed by atoms with E-state index < -0.39 is 11.6 Å². The van der Waals surface area contributed by atoms with Crippen LogP contribution in [0.5, 0.6) is 11.5 Å². The van der Waals surface area contributed by atoms with Gasteiger partial charge in [-0.1, -0.05) is 0 Å². The second-order valence-corrected chi connectivity index (χ2v) is 11.2. The van der Waals surface area contributed by atoms with Gasteiger partial charge in [0.15, 0.2) is 17.3 Å². The molecule has 1 saturated carbocycles. The summed E-state index contributed by atoms with van der Waals surface area (Å²) < 4.78 is 40.5. The number of hydrogen-bond acceptors (Lipinski definition) is 9. The summed E-state index contributed by atoms with van der Waals surface area (Å²) in [6.45, 7) is 6.41. The van der Waals surface area contributed by atoms with Crippen LogP contribution in [0.25, 0.3) is 0 Å². The summed E-state index contributed by atoms with van der Waals surface area (Å²) in [6, 6.07) is 6.11. The van der Waals surface area contributed by atoms with E-state index in [0.717, 1.165) is 44.7 Å². The maximum absolute atomic E-state index is 15.0. The normalized spacial score (nSPS) is 18.9. The zero-order valence-electron chi connectivity index (χ0n) is 23.7. The first-order valence-corrected chi connectivity index (χ1v) is 14.4. The highest BCUT2D eigenvalue weighted by Crippen LogP contribution is 2.44. The quantitative estimate of drug-likeness (QED) is 0.401. The lowest BCUT2D eigenvalue weighted by atomic mass is 10.0. The fraction of sp³-hybridized carbons (Fsp3) is 0.500. The van der Waals surface area contributed by atoms with Crippen molar-refractivity contribution in [2.24, 2.45) is 0 Å². The third kappa shape index (κ3) is 6.36. The predicted molar refractivity (Wildman–Crippen MR) is 153 cm³/mol. The van der Waals surface area contributed by atoms with Crippen molar-refractivity contribution in [2.75, 3.05) is 63.6 Å². The molecule has 0 unspecified atom stereocenters. The molecular weight excluding hydrogens is 528 g/mol. The number of rotatable bonds is 9. The van der Waals surface area contributed by atoms with Crippen molar-refractivity contribution in [3.05, 3.63) is 59.6 Å². The summed E-state index contributed by atoms with van der Waals surface area (Å²) in [6.07, 6.45) is 8.93. The number of nitrogens with zero attached hydrogens (tertiary/aromatic N) is 6. The van der Waals surface area contributed by atoms with Crippen LogP contribution >= 0.6 is 0 Å². The molecule has 1 aliphatic carbocycles. The first kappa shape index (κ1) is 27.6. The van der Waals surface area contributed by atoms with Crippen LogP contribution in [0.2, 0.25) is 0 Å². The Kier molecular flexibility index (Phi) is 8.16. The van der Waals surface area contributed by atoms with E-state index in [9.17, 15) is 8.78 Å². The molecule has 1 aromatic carbocycles. The molecule has 4 heterocycles. The molecule has 0 bridgehead atoms. The van der Waals surface area contributed by atoms with Crippen LogP contribution in [0, 0.1) is 11.6 Å². The van der Waals surface area contributed by atoms with Crippen LogP contribution in [0.15, 0.2) is 36.8 Å². The third-order valence-corrected chi connectivity index (χ3v) is 8.41. The molecular formula is C30H37F2N7O2. The number of piperidine rings is 1. The van der Waals surface area contributed by atoms with Gasteiger partial charge in [-0.2, -0.15) is 0 Å². The molecule has 3 aliphatic rings. The van der Waals surface area contributed by atoms with Gasteiger partial charge in [-0.3, -0.25) is 4.90 Å². The average Bonchev–Trinajstić information content (AvgIpc) is 3.85. The molecule has 3 fully saturated rings. The van der Waals surface area contributed by atoms with E-state index in [1.54, 1.807) is 0 Å². The van der Waals surface area contributed by atoms with Gasteiger partial charge >= 0.3 is 0 Å². The van der Waals surface area contributed by atoms with Gasteiger partial charge in [0.05, 0.1) is 37.0 Å². The molecule has 2 aliphatic heterocycles. The summed E-state index contributed by atoms with van der Waals surface area (Å²) in [4.78, 5) is 20.5. The van der Waals surface area contributed by atoms with Crippen LogP contribution in [0.4, 0.5) is 26.2 Å². The van der Waals surface area contributed by atoms with E-state index in [0.29, 0.717) is 29.1 Å². The first-order valence-electron chi connectivity index (χ1n) is 14.4. The van der Waals surface area contributed by atoms with Crippen LogP contribution in [-0.2, 0) is 6.61 Å². The highest BCUT2D eigenvalue weighted by molar-refractivity contribution is 5.54. The molecule has 2 aromatic heterocycles. The topological polar surface area (TPSA) is 78.9 Å². The standard InChI is InChI=1S/C30H37F2N7O2/c1-37-11-13-39(14-12-37)21-7-9-38(10-8-21)22-5-6-27(33-16-22)36-30-34-17-23(18-35-30)41-19-25-28(31)24(20-3-4-20)15-26(40-2)29(25)32/h5-6,15-18,20-21H,3-4,7-14,19H2,1-2H3,(H,33,34,35,36). The number of hydrogen-bond donors (Lipinski definition) is 1. The number of likely N-dealkylation sites (N-methyl/N-ethyl adjacent to an activating group) is 1. The Morgan fingerprint density at radius 2 is 1.63 bits per heavy atom. The number of benzene rings is 1. The second kappa shape index (κ2) is 12.1. The number of nitrogens with one attached hydrogen (secondary N) is 1. The number of methoxy groups -OCH3 is 1. The minimum Gasteiger partial charge on any atom is -0.494 e. The zero-order chi connectivity index (χ0) is 28.3. The smallest absolute Gasteiger partial charge is 0.228 e. The lowest BCUT2D eigenvalue weighted by Gasteiger charge is -2.42.